The lowest BCUT2D eigenvalue weighted by Gasteiger charge is -2.43. The quantitative estimate of drug-likeness (QED) is 0.801. The number of hydrogen-bond acceptors (Lipinski definition) is 1. The molecule has 1 aliphatic rings. The predicted octanol–water partition coefficient (Wildman–Crippen LogP) is 4.48. The molecule has 1 heteroatoms. The van der Waals surface area contributed by atoms with Gasteiger partial charge in [-0.2, -0.15) is 0 Å². The largest absolute Gasteiger partial charge is 0.306 e. The van der Waals surface area contributed by atoms with Crippen molar-refractivity contribution in [2.24, 2.45) is 0 Å². The average Bonchev–Trinajstić information content (AvgIpc) is 2.56. The van der Waals surface area contributed by atoms with Gasteiger partial charge < -0.3 is 4.90 Å². The fourth-order valence-electron chi connectivity index (χ4n) is 3.87. The van der Waals surface area contributed by atoms with Crippen LogP contribution in [0.2, 0.25) is 0 Å². The maximum atomic E-state index is 2.39. The first-order valence-electron chi connectivity index (χ1n) is 8.00. The van der Waals surface area contributed by atoms with Gasteiger partial charge in [-0.15, -0.1) is 0 Å². The summed E-state index contributed by atoms with van der Waals surface area (Å²) in [6.45, 7) is 0. The van der Waals surface area contributed by atoms with Gasteiger partial charge in [-0.05, 0) is 50.9 Å². The second-order valence-corrected chi connectivity index (χ2v) is 6.51. The normalized spacial score (nSPS) is 18.8. The summed E-state index contributed by atoms with van der Waals surface area (Å²) in [5.74, 6) is 0. The summed E-state index contributed by atoms with van der Waals surface area (Å²) < 4.78 is 0. The summed E-state index contributed by atoms with van der Waals surface area (Å²) in [6.07, 6.45) is 5.03. The van der Waals surface area contributed by atoms with Gasteiger partial charge in [0.2, 0.25) is 0 Å². The molecule has 21 heavy (non-hydrogen) atoms. The highest BCUT2D eigenvalue weighted by atomic mass is 15.1. The first-order chi connectivity index (χ1) is 10.2. The minimum atomic E-state index is 0.203. The van der Waals surface area contributed by atoms with Gasteiger partial charge in [0.15, 0.2) is 0 Å². The van der Waals surface area contributed by atoms with Crippen molar-refractivity contribution >= 4 is 0 Å². The zero-order chi connectivity index (χ0) is 14.7. The average molecular weight is 279 g/mol. The molecule has 3 rings (SSSR count). The highest BCUT2D eigenvalue weighted by Gasteiger charge is 2.38. The molecule has 0 bridgehead atoms. The lowest BCUT2D eigenvalue weighted by Crippen LogP contribution is -2.40. The molecule has 1 fully saturated rings. The molecular formula is C20H25N. The molecular weight excluding hydrogens is 254 g/mol. The van der Waals surface area contributed by atoms with E-state index in [-0.39, 0.29) is 5.41 Å². The minimum absolute atomic E-state index is 0.203. The van der Waals surface area contributed by atoms with Crippen LogP contribution in [0, 0.1) is 0 Å². The van der Waals surface area contributed by atoms with Crippen LogP contribution in [0.1, 0.15) is 36.8 Å². The predicted molar refractivity (Wildman–Crippen MR) is 89.6 cm³/mol. The van der Waals surface area contributed by atoms with E-state index in [1.807, 2.05) is 0 Å². The molecule has 0 saturated heterocycles. The second-order valence-electron chi connectivity index (χ2n) is 6.51. The summed E-state index contributed by atoms with van der Waals surface area (Å²) in [5, 5.41) is 0. The SMILES string of the molecule is CN(C)C1CCC(c2ccccc2)(c2ccccc2)CC1. The van der Waals surface area contributed by atoms with Crippen LogP contribution in [0.3, 0.4) is 0 Å². The molecule has 0 N–H and O–H groups in total. The molecule has 2 aromatic carbocycles. The topological polar surface area (TPSA) is 3.24 Å². The van der Waals surface area contributed by atoms with E-state index >= 15 is 0 Å². The lowest BCUT2D eigenvalue weighted by atomic mass is 9.64. The Labute approximate surface area is 128 Å². The van der Waals surface area contributed by atoms with E-state index < -0.39 is 0 Å². The van der Waals surface area contributed by atoms with Crippen molar-refractivity contribution in [2.75, 3.05) is 14.1 Å². The summed E-state index contributed by atoms with van der Waals surface area (Å²) >= 11 is 0. The Morgan fingerprint density at radius 2 is 1.19 bits per heavy atom. The summed E-state index contributed by atoms with van der Waals surface area (Å²) in [6, 6.07) is 22.9. The highest BCUT2D eigenvalue weighted by Crippen LogP contribution is 2.45. The van der Waals surface area contributed by atoms with Crippen LogP contribution < -0.4 is 0 Å². The van der Waals surface area contributed by atoms with Crippen molar-refractivity contribution in [3.63, 3.8) is 0 Å². The molecule has 0 spiro atoms. The Morgan fingerprint density at radius 1 is 0.762 bits per heavy atom. The van der Waals surface area contributed by atoms with Crippen LogP contribution in [-0.4, -0.2) is 25.0 Å². The molecule has 2 aromatic rings. The van der Waals surface area contributed by atoms with Crippen molar-refractivity contribution in [1.29, 1.82) is 0 Å². The first kappa shape index (κ1) is 14.3. The van der Waals surface area contributed by atoms with Crippen molar-refractivity contribution < 1.29 is 0 Å². The first-order valence-corrected chi connectivity index (χ1v) is 8.00. The lowest BCUT2D eigenvalue weighted by molar-refractivity contribution is 0.189. The Balaban J connectivity index is 1.98. The third kappa shape index (κ3) is 2.75. The maximum Gasteiger partial charge on any atom is 0.0204 e. The third-order valence-electron chi connectivity index (χ3n) is 5.19. The molecule has 0 aromatic heterocycles. The molecule has 0 radical (unpaired) electrons. The summed E-state index contributed by atoms with van der Waals surface area (Å²) in [4.78, 5) is 2.39. The van der Waals surface area contributed by atoms with Gasteiger partial charge in [0.25, 0.3) is 0 Å². The zero-order valence-corrected chi connectivity index (χ0v) is 13.1. The molecule has 0 amide bonds. The van der Waals surface area contributed by atoms with Crippen LogP contribution in [0.15, 0.2) is 60.7 Å². The van der Waals surface area contributed by atoms with Gasteiger partial charge in [0.05, 0.1) is 0 Å². The Bertz CT molecular complexity index is 509. The van der Waals surface area contributed by atoms with E-state index in [0.717, 1.165) is 6.04 Å². The number of hydrogen-bond donors (Lipinski definition) is 0. The van der Waals surface area contributed by atoms with Crippen LogP contribution in [0.4, 0.5) is 0 Å². The van der Waals surface area contributed by atoms with Gasteiger partial charge in [-0.1, -0.05) is 60.7 Å². The molecule has 0 aliphatic heterocycles. The Hall–Kier alpha value is -1.60. The second kappa shape index (κ2) is 6.03. The van der Waals surface area contributed by atoms with E-state index in [4.69, 9.17) is 0 Å². The molecule has 1 saturated carbocycles. The fraction of sp³-hybridized carbons (Fsp3) is 0.400. The molecule has 0 atom stereocenters. The van der Waals surface area contributed by atoms with E-state index in [1.54, 1.807) is 0 Å². The monoisotopic (exact) mass is 279 g/mol. The van der Waals surface area contributed by atoms with Crippen molar-refractivity contribution in [3.8, 4) is 0 Å². The van der Waals surface area contributed by atoms with Crippen LogP contribution in [-0.2, 0) is 5.41 Å². The Kier molecular flexibility index (Phi) is 4.12. The maximum absolute atomic E-state index is 2.39. The van der Waals surface area contributed by atoms with E-state index in [0.29, 0.717) is 0 Å². The fourth-order valence-corrected chi connectivity index (χ4v) is 3.87. The molecule has 0 heterocycles. The number of benzene rings is 2. The Morgan fingerprint density at radius 3 is 1.57 bits per heavy atom. The number of rotatable bonds is 3. The van der Waals surface area contributed by atoms with E-state index in [9.17, 15) is 0 Å². The third-order valence-corrected chi connectivity index (χ3v) is 5.19. The van der Waals surface area contributed by atoms with E-state index in [2.05, 4.69) is 79.7 Å². The summed E-state index contributed by atoms with van der Waals surface area (Å²) in [7, 11) is 4.42. The highest BCUT2D eigenvalue weighted by molar-refractivity contribution is 5.39. The molecule has 1 nitrogen and oxygen atoms in total. The zero-order valence-electron chi connectivity index (χ0n) is 13.1. The van der Waals surface area contributed by atoms with Crippen LogP contribution in [0.25, 0.3) is 0 Å². The molecule has 1 aliphatic carbocycles. The van der Waals surface area contributed by atoms with Crippen molar-refractivity contribution in [3.05, 3.63) is 71.8 Å². The smallest absolute Gasteiger partial charge is 0.0204 e. The standard InChI is InChI=1S/C20H25N/c1-21(2)19-13-15-20(16-14-19,17-9-5-3-6-10-17)18-11-7-4-8-12-18/h3-12,19H,13-16H2,1-2H3. The van der Waals surface area contributed by atoms with Crippen LogP contribution >= 0.6 is 0 Å². The van der Waals surface area contributed by atoms with E-state index in [1.165, 1.54) is 36.8 Å². The number of nitrogens with zero attached hydrogens (tertiary/aromatic N) is 1. The van der Waals surface area contributed by atoms with Gasteiger partial charge in [-0.25, -0.2) is 0 Å². The minimum Gasteiger partial charge on any atom is -0.306 e. The van der Waals surface area contributed by atoms with Gasteiger partial charge >= 0.3 is 0 Å². The van der Waals surface area contributed by atoms with Crippen LogP contribution in [0.5, 0.6) is 0 Å². The van der Waals surface area contributed by atoms with Gasteiger partial charge in [0.1, 0.15) is 0 Å². The molecule has 110 valence electrons. The van der Waals surface area contributed by atoms with Crippen molar-refractivity contribution in [1.82, 2.24) is 4.90 Å². The summed E-state index contributed by atoms with van der Waals surface area (Å²) in [5.41, 5.74) is 3.16. The van der Waals surface area contributed by atoms with Crippen molar-refractivity contribution in [2.45, 2.75) is 37.1 Å². The molecule has 0 unspecified atom stereocenters. The van der Waals surface area contributed by atoms with Gasteiger partial charge in [0, 0.05) is 11.5 Å². The van der Waals surface area contributed by atoms with Gasteiger partial charge in [-0.3, -0.25) is 0 Å².